The second-order valence-electron chi connectivity index (χ2n) is 7.96. The highest BCUT2D eigenvalue weighted by Crippen LogP contribution is 2.24. The number of alkyl carbamates (subject to hydrolysis) is 1. The number of nitrogen functional groups attached to an aromatic ring is 1. The molecule has 1 aliphatic carbocycles. The van der Waals surface area contributed by atoms with Gasteiger partial charge in [0, 0.05) is 0 Å². The Labute approximate surface area is 176 Å². The second kappa shape index (κ2) is 8.52. The first-order valence-electron chi connectivity index (χ1n) is 9.46. The minimum atomic E-state index is -0.990. The highest BCUT2D eigenvalue weighted by atomic mass is 79.9. The zero-order valence-corrected chi connectivity index (χ0v) is 18.2. The Morgan fingerprint density at radius 3 is 2.69 bits per heavy atom. The number of nitrogens with two attached hydrogens (primary N) is 1. The standard InChI is InChI=1S/C18H25BrN6O4/c1-18(2,3)29-17(27)23-11(15(26)28-10-6-4-5-7-10)8-25-14-12(24-16(25)19)13(20)21-9-22-14/h9-11H,4-8H2,1-3H3,(H,23,27)(H2,20,21,22). The summed E-state index contributed by atoms with van der Waals surface area (Å²) in [6.07, 6.45) is 4.17. The van der Waals surface area contributed by atoms with Gasteiger partial charge in [0.25, 0.3) is 0 Å². The fourth-order valence-corrected chi connectivity index (χ4v) is 3.64. The third-order valence-electron chi connectivity index (χ3n) is 4.44. The third-order valence-corrected chi connectivity index (χ3v) is 5.04. The Morgan fingerprint density at radius 2 is 2.03 bits per heavy atom. The fraction of sp³-hybridized carbons (Fsp3) is 0.611. The molecule has 0 radical (unpaired) electrons. The molecule has 0 saturated heterocycles. The number of anilines is 1. The summed E-state index contributed by atoms with van der Waals surface area (Å²) in [6, 6.07) is -0.990. The first-order valence-corrected chi connectivity index (χ1v) is 10.3. The van der Waals surface area contributed by atoms with Gasteiger partial charge in [-0.15, -0.1) is 0 Å². The summed E-state index contributed by atoms with van der Waals surface area (Å²) >= 11 is 3.36. The molecule has 158 valence electrons. The Balaban J connectivity index is 1.84. The second-order valence-corrected chi connectivity index (χ2v) is 8.67. The molecule has 3 rings (SSSR count). The maximum Gasteiger partial charge on any atom is 0.408 e. The van der Waals surface area contributed by atoms with E-state index < -0.39 is 23.7 Å². The van der Waals surface area contributed by atoms with Crippen molar-refractivity contribution in [2.45, 2.75) is 70.7 Å². The molecule has 10 nitrogen and oxygen atoms in total. The van der Waals surface area contributed by atoms with E-state index in [0.29, 0.717) is 15.9 Å². The predicted molar refractivity (Wildman–Crippen MR) is 109 cm³/mol. The zero-order chi connectivity index (χ0) is 21.2. The van der Waals surface area contributed by atoms with Crippen molar-refractivity contribution in [2.75, 3.05) is 5.73 Å². The third kappa shape index (κ3) is 5.34. The number of carbonyl (C=O) groups excluding carboxylic acids is 2. The normalized spacial score (nSPS) is 16.0. The maximum absolute atomic E-state index is 12.8. The van der Waals surface area contributed by atoms with Crippen molar-refractivity contribution in [1.82, 2.24) is 24.8 Å². The van der Waals surface area contributed by atoms with Crippen LogP contribution >= 0.6 is 15.9 Å². The average molecular weight is 469 g/mol. The van der Waals surface area contributed by atoms with E-state index in [-0.39, 0.29) is 18.5 Å². The predicted octanol–water partition coefficient (Wildman–Crippen LogP) is 2.55. The summed E-state index contributed by atoms with van der Waals surface area (Å²) in [5.74, 6) is -0.307. The first kappa shape index (κ1) is 21.3. The Kier molecular flexibility index (Phi) is 6.25. The van der Waals surface area contributed by atoms with Crippen molar-refractivity contribution >= 4 is 45.0 Å². The van der Waals surface area contributed by atoms with Crippen molar-refractivity contribution in [1.29, 1.82) is 0 Å². The van der Waals surface area contributed by atoms with Crippen LogP contribution < -0.4 is 11.1 Å². The van der Waals surface area contributed by atoms with Gasteiger partial charge in [0.15, 0.2) is 21.7 Å². The summed E-state index contributed by atoms with van der Waals surface area (Å²) in [4.78, 5) is 37.6. The molecule has 0 aliphatic heterocycles. The largest absolute Gasteiger partial charge is 0.461 e. The van der Waals surface area contributed by atoms with Crippen molar-refractivity contribution in [3.8, 4) is 0 Å². The molecule has 2 heterocycles. The van der Waals surface area contributed by atoms with E-state index in [2.05, 4.69) is 36.2 Å². The molecule has 1 aliphatic rings. The Hall–Kier alpha value is -2.43. The van der Waals surface area contributed by atoms with E-state index in [1.165, 1.54) is 6.33 Å². The van der Waals surface area contributed by atoms with Gasteiger partial charge in [0.05, 0.1) is 6.54 Å². The number of carbonyl (C=O) groups is 2. The fourth-order valence-electron chi connectivity index (χ4n) is 3.15. The van der Waals surface area contributed by atoms with Crippen LogP contribution in [0.15, 0.2) is 11.1 Å². The van der Waals surface area contributed by atoms with Gasteiger partial charge < -0.3 is 25.1 Å². The van der Waals surface area contributed by atoms with Gasteiger partial charge in [-0.2, -0.15) is 0 Å². The number of hydrogen-bond acceptors (Lipinski definition) is 8. The summed E-state index contributed by atoms with van der Waals surface area (Å²) in [6.45, 7) is 5.28. The lowest BCUT2D eigenvalue weighted by atomic mass is 10.2. The lowest BCUT2D eigenvalue weighted by Crippen LogP contribution is -2.47. The van der Waals surface area contributed by atoms with E-state index in [1.807, 2.05) is 0 Å². The number of amides is 1. The number of esters is 1. The average Bonchev–Trinajstić information content (AvgIpc) is 3.22. The van der Waals surface area contributed by atoms with Gasteiger partial charge in [-0.25, -0.2) is 24.5 Å². The van der Waals surface area contributed by atoms with Crippen molar-refractivity contribution in [2.24, 2.45) is 0 Å². The highest BCUT2D eigenvalue weighted by Gasteiger charge is 2.30. The van der Waals surface area contributed by atoms with Crippen LogP contribution in [-0.2, 0) is 20.8 Å². The van der Waals surface area contributed by atoms with Crippen LogP contribution in [-0.4, -0.2) is 49.3 Å². The van der Waals surface area contributed by atoms with Crippen molar-refractivity contribution in [3.63, 3.8) is 0 Å². The van der Waals surface area contributed by atoms with Gasteiger partial charge >= 0.3 is 12.1 Å². The van der Waals surface area contributed by atoms with Crippen LogP contribution in [0.4, 0.5) is 10.6 Å². The summed E-state index contributed by atoms with van der Waals surface area (Å²) in [5.41, 5.74) is 6.00. The number of rotatable bonds is 5. The molecule has 0 spiro atoms. The monoisotopic (exact) mass is 468 g/mol. The summed E-state index contributed by atoms with van der Waals surface area (Å²) in [5, 5.41) is 2.61. The van der Waals surface area contributed by atoms with Crippen molar-refractivity contribution < 1.29 is 19.1 Å². The molecule has 29 heavy (non-hydrogen) atoms. The molecular formula is C18H25BrN6O4. The van der Waals surface area contributed by atoms with Crippen LogP contribution in [0, 0.1) is 0 Å². The van der Waals surface area contributed by atoms with Crippen LogP contribution in [0.25, 0.3) is 11.2 Å². The van der Waals surface area contributed by atoms with Gasteiger partial charge in [0.1, 0.15) is 24.1 Å². The van der Waals surface area contributed by atoms with E-state index in [1.54, 1.807) is 25.3 Å². The lowest BCUT2D eigenvalue weighted by molar-refractivity contribution is -0.151. The quantitative estimate of drug-likeness (QED) is 0.504. The number of aromatic nitrogens is 4. The van der Waals surface area contributed by atoms with E-state index >= 15 is 0 Å². The van der Waals surface area contributed by atoms with E-state index in [0.717, 1.165) is 25.7 Å². The number of hydrogen-bond donors (Lipinski definition) is 2. The summed E-state index contributed by atoms with van der Waals surface area (Å²) < 4.78 is 13.0. The molecule has 11 heteroatoms. The lowest BCUT2D eigenvalue weighted by Gasteiger charge is -2.24. The molecule has 2 aromatic heterocycles. The number of nitrogens with one attached hydrogen (secondary N) is 1. The topological polar surface area (TPSA) is 134 Å². The molecule has 0 aromatic carbocycles. The number of fused-ring (bicyclic) bond motifs is 1. The molecule has 0 bridgehead atoms. The van der Waals surface area contributed by atoms with E-state index in [9.17, 15) is 9.59 Å². The number of ether oxygens (including phenoxy) is 2. The SMILES string of the molecule is CC(C)(C)OC(=O)NC(Cn1c(Br)nc2c(N)ncnc21)C(=O)OC1CCCC1. The van der Waals surface area contributed by atoms with Gasteiger partial charge in [-0.05, 0) is 62.4 Å². The van der Waals surface area contributed by atoms with Crippen LogP contribution in [0.3, 0.4) is 0 Å². The number of nitrogens with zero attached hydrogens (tertiary/aromatic N) is 4. The van der Waals surface area contributed by atoms with Gasteiger partial charge in [-0.3, -0.25) is 0 Å². The number of halogens is 1. The number of imidazole rings is 1. The smallest absolute Gasteiger partial charge is 0.408 e. The van der Waals surface area contributed by atoms with Crippen LogP contribution in [0.1, 0.15) is 46.5 Å². The molecular weight excluding hydrogens is 444 g/mol. The molecule has 2 aromatic rings. The van der Waals surface area contributed by atoms with E-state index in [4.69, 9.17) is 15.2 Å². The molecule has 1 unspecified atom stereocenters. The minimum absolute atomic E-state index is 0.0400. The molecule has 1 fully saturated rings. The van der Waals surface area contributed by atoms with Gasteiger partial charge in [0.2, 0.25) is 0 Å². The minimum Gasteiger partial charge on any atom is -0.461 e. The molecule has 3 N–H and O–H groups in total. The van der Waals surface area contributed by atoms with Crippen LogP contribution in [0.2, 0.25) is 0 Å². The van der Waals surface area contributed by atoms with Gasteiger partial charge in [-0.1, -0.05) is 0 Å². The highest BCUT2D eigenvalue weighted by molar-refractivity contribution is 9.10. The molecule has 1 atom stereocenters. The van der Waals surface area contributed by atoms with Crippen molar-refractivity contribution in [3.05, 3.63) is 11.1 Å². The Bertz CT molecular complexity index is 904. The summed E-state index contributed by atoms with van der Waals surface area (Å²) in [7, 11) is 0. The molecule has 1 saturated carbocycles. The first-order chi connectivity index (χ1) is 13.6. The Morgan fingerprint density at radius 1 is 1.34 bits per heavy atom. The zero-order valence-electron chi connectivity index (χ0n) is 16.6. The maximum atomic E-state index is 12.8. The van der Waals surface area contributed by atoms with Crippen LogP contribution in [0.5, 0.6) is 0 Å². The molecule has 1 amide bonds.